The Balaban J connectivity index is 1.32. The van der Waals surface area contributed by atoms with Crippen LogP contribution in [0.3, 0.4) is 0 Å². The zero-order valence-electron chi connectivity index (χ0n) is 18.8. The smallest absolute Gasteiger partial charge is 0.226 e. The van der Waals surface area contributed by atoms with E-state index in [9.17, 15) is 4.79 Å². The van der Waals surface area contributed by atoms with Gasteiger partial charge in [-0.25, -0.2) is 0 Å². The molecule has 5 heterocycles. The number of aryl methyl sites for hydroxylation is 1. The third kappa shape index (κ3) is 4.57. The van der Waals surface area contributed by atoms with E-state index in [4.69, 9.17) is 21.0 Å². The van der Waals surface area contributed by atoms with E-state index >= 15 is 0 Å². The van der Waals surface area contributed by atoms with E-state index in [-0.39, 0.29) is 17.9 Å². The maximum atomic E-state index is 11.5. The zero-order chi connectivity index (χ0) is 22.9. The molecule has 0 radical (unpaired) electrons. The normalized spacial score (nSPS) is 24.8. The van der Waals surface area contributed by atoms with Crippen molar-refractivity contribution in [2.75, 3.05) is 35.2 Å². The Morgan fingerprint density at radius 3 is 2.64 bits per heavy atom. The van der Waals surface area contributed by atoms with Crippen LogP contribution >= 0.6 is 0 Å². The van der Waals surface area contributed by atoms with E-state index in [0.717, 1.165) is 30.9 Å². The summed E-state index contributed by atoms with van der Waals surface area (Å²) < 4.78 is 0. The number of primary amides is 1. The largest absolute Gasteiger partial charge is 0.369 e. The van der Waals surface area contributed by atoms with Gasteiger partial charge in [-0.1, -0.05) is 0 Å². The highest BCUT2D eigenvalue weighted by Crippen LogP contribution is 2.37. The Morgan fingerprint density at radius 1 is 1.24 bits per heavy atom. The molecule has 1 amide bonds. The molecular formula is C22H30N10O. The minimum absolute atomic E-state index is 0.143. The predicted octanol–water partition coefficient (Wildman–Crippen LogP) is 1.49. The number of hydrogen-bond donors (Lipinski definition) is 4. The summed E-state index contributed by atoms with van der Waals surface area (Å²) in [6.45, 7) is 3.93. The van der Waals surface area contributed by atoms with Crippen molar-refractivity contribution in [3.63, 3.8) is 0 Å². The lowest BCUT2D eigenvalue weighted by Crippen LogP contribution is -2.53. The van der Waals surface area contributed by atoms with Crippen LogP contribution in [0.2, 0.25) is 0 Å². The van der Waals surface area contributed by atoms with Crippen LogP contribution < -0.4 is 21.3 Å². The quantitative estimate of drug-likeness (QED) is 0.469. The molecule has 0 saturated carbocycles. The third-order valence-electron chi connectivity index (χ3n) is 6.98. The number of hydrogen-bond acceptors (Lipinski definition) is 9. The number of carbonyl (C=O) groups is 1. The second kappa shape index (κ2) is 8.86. The molecule has 3 aliphatic heterocycles. The van der Waals surface area contributed by atoms with Crippen molar-refractivity contribution in [3.05, 3.63) is 17.8 Å². The van der Waals surface area contributed by atoms with Crippen LogP contribution in [-0.4, -0.2) is 68.7 Å². The lowest BCUT2D eigenvalue weighted by atomic mass is 9.97. The molecular weight excluding hydrogens is 420 g/mol. The Hall–Kier alpha value is -3.39. The zero-order valence-corrected chi connectivity index (χ0v) is 18.8. The Labute approximate surface area is 192 Å². The molecule has 0 spiro atoms. The Kier molecular flexibility index (Phi) is 5.76. The second-order valence-electron chi connectivity index (χ2n) is 9.34. The molecule has 3 aliphatic rings. The van der Waals surface area contributed by atoms with Gasteiger partial charge in [-0.2, -0.15) is 20.3 Å². The molecule has 3 saturated heterocycles. The van der Waals surface area contributed by atoms with Crippen LogP contribution in [0.5, 0.6) is 0 Å². The van der Waals surface area contributed by atoms with Crippen molar-refractivity contribution in [2.45, 2.75) is 57.2 Å². The fraction of sp³-hybridized carbons (Fsp3) is 0.591. The number of aromatic amines is 1. The van der Waals surface area contributed by atoms with Crippen molar-refractivity contribution in [1.29, 1.82) is 5.26 Å². The van der Waals surface area contributed by atoms with Crippen LogP contribution in [0.15, 0.2) is 12.1 Å². The summed E-state index contributed by atoms with van der Waals surface area (Å²) >= 11 is 0. The topological polar surface area (TPSA) is 152 Å². The van der Waals surface area contributed by atoms with Gasteiger partial charge in [0, 0.05) is 62.0 Å². The SMILES string of the molecule is Cc1cc(Nc2cc(N3CC(C(N)=O)C3)nc(N[C@@H]3C[C@H]4CC[C@@H](C3)N4CCC#N)n2)n[nH]1. The van der Waals surface area contributed by atoms with Gasteiger partial charge in [-0.3, -0.25) is 14.8 Å². The van der Waals surface area contributed by atoms with Gasteiger partial charge in [0.2, 0.25) is 11.9 Å². The number of anilines is 4. The number of nitriles is 1. The molecule has 5 N–H and O–H groups in total. The van der Waals surface area contributed by atoms with Crippen LogP contribution in [0, 0.1) is 24.2 Å². The maximum Gasteiger partial charge on any atom is 0.226 e. The minimum atomic E-state index is -0.275. The molecule has 5 rings (SSSR count). The van der Waals surface area contributed by atoms with E-state index in [0.29, 0.717) is 49.2 Å². The Bertz CT molecular complexity index is 1040. The second-order valence-corrected chi connectivity index (χ2v) is 9.34. The van der Waals surface area contributed by atoms with Crippen molar-refractivity contribution in [1.82, 2.24) is 25.1 Å². The summed E-state index contributed by atoms with van der Waals surface area (Å²) in [5.74, 6) is 2.24. The van der Waals surface area contributed by atoms with Gasteiger partial charge in [0.05, 0.1) is 12.0 Å². The highest BCUT2D eigenvalue weighted by molar-refractivity contribution is 5.80. The highest BCUT2D eigenvalue weighted by Gasteiger charge is 2.40. The van der Waals surface area contributed by atoms with Crippen molar-refractivity contribution >= 4 is 29.3 Å². The number of nitrogens with zero attached hydrogens (tertiary/aromatic N) is 6. The van der Waals surface area contributed by atoms with Gasteiger partial charge >= 0.3 is 0 Å². The third-order valence-corrected chi connectivity index (χ3v) is 6.98. The molecule has 3 atom stereocenters. The molecule has 3 fully saturated rings. The van der Waals surface area contributed by atoms with Gasteiger partial charge < -0.3 is 21.3 Å². The summed E-state index contributed by atoms with van der Waals surface area (Å²) in [4.78, 5) is 25.5. The molecule has 174 valence electrons. The number of fused-ring (bicyclic) bond motifs is 2. The highest BCUT2D eigenvalue weighted by atomic mass is 16.1. The molecule has 11 heteroatoms. The summed E-state index contributed by atoms with van der Waals surface area (Å²) in [7, 11) is 0. The number of aromatic nitrogens is 4. The first-order valence-corrected chi connectivity index (χ1v) is 11.6. The molecule has 0 aliphatic carbocycles. The van der Waals surface area contributed by atoms with Gasteiger partial charge in [-0.15, -0.1) is 0 Å². The summed E-state index contributed by atoms with van der Waals surface area (Å²) in [5, 5.41) is 22.9. The first kappa shape index (κ1) is 21.5. The minimum Gasteiger partial charge on any atom is -0.369 e. The lowest BCUT2D eigenvalue weighted by Gasteiger charge is -2.39. The van der Waals surface area contributed by atoms with Gasteiger partial charge in [-0.05, 0) is 32.6 Å². The summed E-state index contributed by atoms with van der Waals surface area (Å²) in [6, 6.07) is 7.36. The van der Waals surface area contributed by atoms with Crippen molar-refractivity contribution < 1.29 is 4.79 Å². The van der Waals surface area contributed by atoms with E-state index in [1.807, 2.05) is 24.0 Å². The molecule has 2 aromatic heterocycles. The number of piperidine rings is 1. The number of carbonyl (C=O) groups excluding carboxylic acids is 1. The molecule has 2 aromatic rings. The number of H-pyrrole nitrogens is 1. The first-order chi connectivity index (χ1) is 16.0. The molecule has 0 unspecified atom stereocenters. The molecule has 2 bridgehead atoms. The van der Waals surface area contributed by atoms with E-state index in [1.165, 1.54) is 12.8 Å². The standard InChI is InChI=1S/C22H30N10O/c1-13-7-19(30-29-13)26-18-10-20(31-11-14(12-31)21(24)33)28-22(27-18)25-15-8-16-3-4-17(9-15)32(16)6-2-5-23/h7,10,14-17H,2-4,6,8-9,11-12H2,1H3,(H2,24,33)(H3,25,26,27,28,29,30)/t15-,16-,17+. The van der Waals surface area contributed by atoms with Crippen LogP contribution in [0.4, 0.5) is 23.4 Å². The van der Waals surface area contributed by atoms with Gasteiger partial charge in [0.15, 0.2) is 5.82 Å². The number of nitrogens with two attached hydrogens (primary N) is 1. The van der Waals surface area contributed by atoms with E-state index in [1.54, 1.807) is 0 Å². The fourth-order valence-electron chi connectivity index (χ4n) is 5.30. The summed E-state index contributed by atoms with van der Waals surface area (Å²) in [6.07, 6.45) is 4.99. The fourth-order valence-corrected chi connectivity index (χ4v) is 5.30. The molecule has 11 nitrogen and oxygen atoms in total. The van der Waals surface area contributed by atoms with Gasteiger partial charge in [0.25, 0.3) is 0 Å². The predicted molar refractivity (Wildman–Crippen MR) is 124 cm³/mol. The summed E-state index contributed by atoms with van der Waals surface area (Å²) in [5.41, 5.74) is 6.40. The maximum absolute atomic E-state index is 11.5. The number of amides is 1. The van der Waals surface area contributed by atoms with E-state index < -0.39 is 0 Å². The number of rotatable bonds is 8. The van der Waals surface area contributed by atoms with Crippen LogP contribution in [-0.2, 0) is 4.79 Å². The van der Waals surface area contributed by atoms with E-state index in [2.05, 4.69) is 31.8 Å². The van der Waals surface area contributed by atoms with Gasteiger partial charge in [0.1, 0.15) is 11.6 Å². The lowest BCUT2D eigenvalue weighted by molar-refractivity contribution is -0.122. The number of nitrogens with one attached hydrogen (secondary N) is 3. The first-order valence-electron chi connectivity index (χ1n) is 11.6. The van der Waals surface area contributed by atoms with Crippen molar-refractivity contribution in [3.8, 4) is 6.07 Å². The van der Waals surface area contributed by atoms with Crippen LogP contribution in [0.1, 0.15) is 37.8 Å². The monoisotopic (exact) mass is 450 g/mol. The van der Waals surface area contributed by atoms with Crippen molar-refractivity contribution in [2.24, 2.45) is 11.7 Å². The molecule has 0 aromatic carbocycles. The van der Waals surface area contributed by atoms with Crippen LogP contribution in [0.25, 0.3) is 0 Å². The Morgan fingerprint density at radius 2 is 2.00 bits per heavy atom. The molecule has 33 heavy (non-hydrogen) atoms. The average Bonchev–Trinajstić information content (AvgIpc) is 3.24. The average molecular weight is 451 g/mol.